The van der Waals surface area contributed by atoms with E-state index in [1.807, 2.05) is 30.3 Å². The molecular formula is C16H15Cl3O2. The van der Waals surface area contributed by atoms with E-state index >= 15 is 0 Å². The van der Waals surface area contributed by atoms with Gasteiger partial charge in [-0.15, -0.1) is 11.6 Å². The van der Waals surface area contributed by atoms with E-state index in [4.69, 9.17) is 44.3 Å². The van der Waals surface area contributed by atoms with Crippen molar-refractivity contribution >= 4 is 34.8 Å². The average Bonchev–Trinajstić information content (AvgIpc) is 2.50. The Kier molecular flexibility index (Phi) is 5.63. The topological polar surface area (TPSA) is 18.5 Å². The Bertz CT molecular complexity index is 607. The molecule has 0 aromatic heterocycles. The van der Waals surface area contributed by atoms with E-state index in [0.29, 0.717) is 28.0 Å². The maximum absolute atomic E-state index is 6.50. The number of alkyl halides is 1. The Labute approximate surface area is 139 Å². The van der Waals surface area contributed by atoms with Gasteiger partial charge in [0.15, 0.2) is 0 Å². The molecule has 0 saturated carbocycles. The molecule has 2 nitrogen and oxygen atoms in total. The van der Waals surface area contributed by atoms with Crippen molar-refractivity contribution in [2.75, 3.05) is 14.2 Å². The van der Waals surface area contributed by atoms with E-state index in [9.17, 15) is 0 Å². The molecule has 2 rings (SSSR count). The molecule has 0 aliphatic carbocycles. The molecule has 21 heavy (non-hydrogen) atoms. The highest BCUT2D eigenvalue weighted by atomic mass is 35.5. The lowest BCUT2D eigenvalue weighted by Gasteiger charge is -2.13. The van der Waals surface area contributed by atoms with Crippen LogP contribution in [0.2, 0.25) is 10.0 Å². The van der Waals surface area contributed by atoms with Gasteiger partial charge < -0.3 is 9.47 Å². The third kappa shape index (κ3) is 4.19. The van der Waals surface area contributed by atoms with Gasteiger partial charge in [-0.2, -0.15) is 0 Å². The van der Waals surface area contributed by atoms with Gasteiger partial charge in [0.05, 0.1) is 29.6 Å². The first-order valence-electron chi connectivity index (χ1n) is 6.34. The van der Waals surface area contributed by atoms with Gasteiger partial charge in [0.2, 0.25) is 0 Å². The third-order valence-corrected chi connectivity index (χ3v) is 4.28. The summed E-state index contributed by atoms with van der Waals surface area (Å²) in [6, 6.07) is 11.1. The van der Waals surface area contributed by atoms with Crippen LogP contribution in [0.15, 0.2) is 36.4 Å². The Balaban J connectivity index is 2.22. The fourth-order valence-corrected chi connectivity index (χ4v) is 2.63. The summed E-state index contributed by atoms with van der Waals surface area (Å²) in [4.78, 5) is 0. The SMILES string of the molecule is COc1cc(OC)cc(C(Cl)Cc2ccc(Cl)c(Cl)c2)c1. The standard InChI is InChI=1S/C16H15Cl3O2/c1-20-12-7-11(8-13(9-12)21-2)15(18)5-10-3-4-14(17)16(19)6-10/h3-4,6-9,15H,5H2,1-2H3. The average molecular weight is 346 g/mol. The predicted molar refractivity (Wildman–Crippen MR) is 88.3 cm³/mol. The van der Waals surface area contributed by atoms with E-state index in [-0.39, 0.29) is 5.38 Å². The molecule has 0 aliphatic heterocycles. The van der Waals surface area contributed by atoms with Crippen LogP contribution >= 0.6 is 34.8 Å². The largest absolute Gasteiger partial charge is 0.497 e. The molecule has 0 N–H and O–H groups in total. The van der Waals surface area contributed by atoms with Crippen LogP contribution in [0.3, 0.4) is 0 Å². The predicted octanol–water partition coefficient (Wildman–Crippen LogP) is 5.53. The van der Waals surface area contributed by atoms with Crippen molar-refractivity contribution in [3.05, 3.63) is 57.6 Å². The number of rotatable bonds is 5. The lowest BCUT2D eigenvalue weighted by atomic mass is 10.0. The van der Waals surface area contributed by atoms with Crippen LogP contribution in [-0.4, -0.2) is 14.2 Å². The van der Waals surface area contributed by atoms with Crippen LogP contribution in [0.5, 0.6) is 11.5 Å². The summed E-state index contributed by atoms with van der Waals surface area (Å²) in [5, 5.41) is 0.849. The third-order valence-electron chi connectivity index (χ3n) is 3.13. The molecule has 5 heteroatoms. The Hall–Kier alpha value is -1.09. The summed E-state index contributed by atoms with van der Waals surface area (Å²) in [5.74, 6) is 1.42. The van der Waals surface area contributed by atoms with Crippen molar-refractivity contribution in [2.45, 2.75) is 11.8 Å². The molecule has 0 bridgehead atoms. The molecular weight excluding hydrogens is 331 g/mol. The summed E-state index contributed by atoms with van der Waals surface area (Å²) >= 11 is 18.4. The summed E-state index contributed by atoms with van der Waals surface area (Å²) in [6.07, 6.45) is 0.634. The number of ether oxygens (including phenoxy) is 2. The van der Waals surface area contributed by atoms with E-state index in [1.54, 1.807) is 20.3 Å². The van der Waals surface area contributed by atoms with Gasteiger partial charge in [-0.05, 0) is 41.8 Å². The molecule has 0 aliphatic rings. The zero-order chi connectivity index (χ0) is 15.4. The first-order valence-corrected chi connectivity index (χ1v) is 7.53. The number of methoxy groups -OCH3 is 2. The van der Waals surface area contributed by atoms with Gasteiger partial charge in [-0.3, -0.25) is 0 Å². The summed E-state index contributed by atoms with van der Waals surface area (Å²) in [6.45, 7) is 0. The molecule has 0 spiro atoms. The summed E-state index contributed by atoms with van der Waals surface area (Å²) < 4.78 is 10.5. The lowest BCUT2D eigenvalue weighted by molar-refractivity contribution is 0.393. The van der Waals surface area contributed by atoms with Crippen molar-refractivity contribution in [1.29, 1.82) is 0 Å². The second-order valence-corrected chi connectivity index (χ2v) is 5.91. The van der Waals surface area contributed by atoms with Gasteiger partial charge in [0, 0.05) is 6.07 Å². The van der Waals surface area contributed by atoms with Gasteiger partial charge in [0.1, 0.15) is 11.5 Å². The molecule has 1 atom stereocenters. The highest BCUT2D eigenvalue weighted by Crippen LogP contribution is 2.33. The molecule has 0 heterocycles. The van der Waals surface area contributed by atoms with Crippen LogP contribution < -0.4 is 9.47 Å². The number of hydrogen-bond donors (Lipinski definition) is 0. The van der Waals surface area contributed by atoms with Crippen molar-refractivity contribution < 1.29 is 9.47 Å². The smallest absolute Gasteiger partial charge is 0.122 e. The van der Waals surface area contributed by atoms with E-state index < -0.39 is 0 Å². The summed E-state index contributed by atoms with van der Waals surface area (Å²) in [5.41, 5.74) is 1.95. The van der Waals surface area contributed by atoms with Crippen molar-refractivity contribution in [3.8, 4) is 11.5 Å². The van der Waals surface area contributed by atoms with Crippen LogP contribution in [0.1, 0.15) is 16.5 Å². The molecule has 0 radical (unpaired) electrons. The van der Waals surface area contributed by atoms with Crippen LogP contribution in [0.25, 0.3) is 0 Å². The zero-order valence-electron chi connectivity index (χ0n) is 11.7. The Morgan fingerprint density at radius 1 is 0.905 bits per heavy atom. The quantitative estimate of drug-likeness (QED) is 0.663. The highest BCUT2D eigenvalue weighted by molar-refractivity contribution is 6.42. The summed E-state index contributed by atoms with van der Waals surface area (Å²) in [7, 11) is 3.22. The first-order chi connectivity index (χ1) is 10.0. The fourth-order valence-electron chi connectivity index (χ4n) is 2.00. The lowest BCUT2D eigenvalue weighted by Crippen LogP contribution is -1.98. The minimum absolute atomic E-state index is 0.216. The number of benzene rings is 2. The fraction of sp³-hybridized carbons (Fsp3) is 0.250. The number of hydrogen-bond acceptors (Lipinski definition) is 2. The van der Waals surface area contributed by atoms with Gasteiger partial charge in [-0.1, -0.05) is 29.3 Å². The minimum atomic E-state index is -0.216. The van der Waals surface area contributed by atoms with Gasteiger partial charge in [0.25, 0.3) is 0 Å². The molecule has 2 aromatic carbocycles. The highest BCUT2D eigenvalue weighted by Gasteiger charge is 2.13. The normalized spacial score (nSPS) is 12.0. The maximum Gasteiger partial charge on any atom is 0.122 e. The molecule has 112 valence electrons. The molecule has 0 fully saturated rings. The zero-order valence-corrected chi connectivity index (χ0v) is 14.0. The van der Waals surface area contributed by atoms with Gasteiger partial charge >= 0.3 is 0 Å². The van der Waals surface area contributed by atoms with Crippen molar-refractivity contribution in [1.82, 2.24) is 0 Å². The Morgan fingerprint density at radius 3 is 2.05 bits per heavy atom. The maximum atomic E-state index is 6.50. The number of halogens is 3. The minimum Gasteiger partial charge on any atom is -0.497 e. The van der Waals surface area contributed by atoms with Crippen LogP contribution in [0.4, 0.5) is 0 Å². The molecule has 2 aromatic rings. The van der Waals surface area contributed by atoms with Gasteiger partial charge in [-0.25, -0.2) is 0 Å². The molecule has 0 saturated heterocycles. The van der Waals surface area contributed by atoms with E-state index in [2.05, 4.69) is 0 Å². The monoisotopic (exact) mass is 344 g/mol. The second-order valence-electron chi connectivity index (χ2n) is 4.57. The molecule has 1 unspecified atom stereocenters. The first kappa shape index (κ1) is 16.3. The van der Waals surface area contributed by atoms with E-state index in [0.717, 1.165) is 11.1 Å². The Morgan fingerprint density at radius 2 is 1.52 bits per heavy atom. The van der Waals surface area contributed by atoms with Crippen molar-refractivity contribution in [3.63, 3.8) is 0 Å². The van der Waals surface area contributed by atoms with Crippen molar-refractivity contribution in [2.24, 2.45) is 0 Å². The second kappa shape index (κ2) is 7.26. The van der Waals surface area contributed by atoms with Crippen LogP contribution in [0, 0.1) is 0 Å². The van der Waals surface area contributed by atoms with E-state index in [1.165, 1.54) is 0 Å². The van der Waals surface area contributed by atoms with Crippen LogP contribution in [-0.2, 0) is 6.42 Å². The molecule has 0 amide bonds.